The van der Waals surface area contributed by atoms with E-state index in [1.165, 1.54) is 11.1 Å². The first-order valence-corrected chi connectivity index (χ1v) is 9.73. The monoisotopic (exact) mass is 390 g/mol. The van der Waals surface area contributed by atoms with E-state index >= 15 is 0 Å². The largest absolute Gasteiger partial charge is 0.497 e. The summed E-state index contributed by atoms with van der Waals surface area (Å²) in [6.07, 6.45) is 3.65. The highest BCUT2D eigenvalue weighted by atomic mass is 16.5. The van der Waals surface area contributed by atoms with Crippen LogP contribution in [0.1, 0.15) is 21.6 Å². The minimum atomic E-state index is -0.158. The van der Waals surface area contributed by atoms with E-state index < -0.39 is 0 Å². The third-order valence-electron chi connectivity index (χ3n) is 5.84. The van der Waals surface area contributed by atoms with E-state index in [1.54, 1.807) is 24.1 Å². The van der Waals surface area contributed by atoms with Crippen LogP contribution in [0, 0.1) is 0 Å². The van der Waals surface area contributed by atoms with Gasteiger partial charge in [-0.2, -0.15) is 5.10 Å². The van der Waals surface area contributed by atoms with Crippen LogP contribution in [0.15, 0.2) is 60.8 Å². The molecule has 6 nitrogen and oxygen atoms in total. The molecule has 2 aromatic carbocycles. The van der Waals surface area contributed by atoms with Crippen molar-refractivity contribution in [2.75, 3.05) is 27.7 Å². The number of nitrogens with zero attached hydrogens (tertiary/aromatic N) is 3. The van der Waals surface area contributed by atoms with Gasteiger partial charge >= 0.3 is 0 Å². The lowest BCUT2D eigenvalue weighted by Gasteiger charge is -2.36. The van der Waals surface area contributed by atoms with Crippen LogP contribution in [0.5, 0.6) is 5.75 Å². The number of hydrogen-bond acceptors (Lipinski definition) is 4. The van der Waals surface area contributed by atoms with Crippen molar-refractivity contribution in [3.63, 3.8) is 0 Å². The van der Waals surface area contributed by atoms with E-state index in [1.807, 2.05) is 24.3 Å². The van der Waals surface area contributed by atoms with Gasteiger partial charge in [0.2, 0.25) is 0 Å². The molecule has 6 heteroatoms. The number of nitrogens with one attached hydrogen (secondary N) is 1. The normalized spacial score (nSPS) is 14.6. The zero-order chi connectivity index (χ0) is 20.4. The molecule has 4 rings (SSSR count). The van der Waals surface area contributed by atoms with Crippen molar-refractivity contribution in [2.24, 2.45) is 0 Å². The van der Waals surface area contributed by atoms with Gasteiger partial charge in [0.05, 0.1) is 12.8 Å². The smallest absolute Gasteiger partial charge is 0.271 e. The predicted octanol–water partition coefficient (Wildman–Crippen LogP) is 2.71. The summed E-state index contributed by atoms with van der Waals surface area (Å²) in [5, 5.41) is 7.54. The van der Waals surface area contributed by atoms with Crippen LogP contribution < -0.4 is 10.1 Å². The molecule has 0 radical (unpaired) electrons. The van der Waals surface area contributed by atoms with E-state index in [2.05, 4.69) is 53.7 Å². The molecule has 0 unspecified atom stereocenters. The van der Waals surface area contributed by atoms with Crippen molar-refractivity contribution < 1.29 is 9.53 Å². The number of ether oxygens (including phenoxy) is 1. The summed E-state index contributed by atoms with van der Waals surface area (Å²) in [4.78, 5) is 15.0. The molecule has 1 heterocycles. The number of rotatable bonds is 6. The number of aromatic nitrogens is 2. The average molecular weight is 390 g/mol. The van der Waals surface area contributed by atoms with Gasteiger partial charge in [-0.05, 0) is 68.4 Å². The highest BCUT2D eigenvalue weighted by Gasteiger charge is 2.39. The number of carbonyl (C=O) groups is 1. The molecule has 1 N–H and O–H groups in total. The Morgan fingerprint density at radius 3 is 2.34 bits per heavy atom. The van der Waals surface area contributed by atoms with Crippen molar-refractivity contribution in [1.29, 1.82) is 0 Å². The Kier molecular flexibility index (Phi) is 5.11. The number of likely N-dealkylation sites (N-methyl/N-ethyl adjacent to an activating group) is 1. The third kappa shape index (κ3) is 3.76. The summed E-state index contributed by atoms with van der Waals surface area (Å²) < 4.78 is 6.88. The molecule has 1 aliphatic carbocycles. The summed E-state index contributed by atoms with van der Waals surface area (Å²) in [6.45, 7) is 0.572. The van der Waals surface area contributed by atoms with E-state index in [-0.39, 0.29) is 11.4 Å². The lowest BCUT2D eigenvalue weighted by molar-refractivity contribution is 0.0897. The van der Waals surface area contributed by atoms with Crippen molar-refractivity contribution in [3.05, 3.63) is 77.6 Å². The molecule has 150 valence electrons. The molecule has 0 fully saturated rings. The maximum Gasteiger partial charge on any atom is 0.271 e. The number of fused-ring (bicyclic) bond motifs is 1. The Balaban J connectivity index is 1.45. The minimum absolute atomic E-state index is 0.113. The lowest BCUT2D eigenvalue weighted by atomic mass is 9.94. The highest BCUT2D eigenvalue weighted by Crippen LogP contribution is 2.33. The second-order valence-corrected chi connectivity index (χ2v) is 7.77. The standard InChI is InChI=1S/C23H26N4O2/c1-26(2)23(14-17-6-4-5-7-18(17)15-23)16-24-22(28)21-12-13-27(25-21)19-8-10-20(29-3)11-9-19/h4-13H,14-16H2,1-3H3,(H,24,28). The predicted molar refractivity (Wildman–Crippen MR) is 113 cm³/mol. The molecular weight excluding hydrogens is 364 g/mol. The number of benzene rings is 2. The maximum absolute atomic E-state index is 12.8. The van der Waals surface area contributed by atoms with Crippen LogP contribution in [0.25, 0.3) is 5.69 Å². The zero-order valence-electron chi connectivity index (χ0n) is 17.1. The van der Waals surface area contributed by atoms with Crippen molar-refractivity contribution in [3.8, 4) is 11.4 Å². The van der Waals surface area contributed by atoms with Crippen molar-refractivity contribution in [1.82, 2.24) is 20.0 Å². The fourth-order valence-corrected chi connectivity index (χ4v) is 3.93. The molecule has 1 amide bonds. The molecule has 0 aliphatic heterocycles. The van der Waals surface area contributed by atoms with Crippen LogP contribution in [0.4, 0.5) is 0 Å². The second kappa shape index (κ2) is 7.72. The van der Waals surface area contributed by atoms with Gasteiger partial charge < -0.3 is 15.0 Å². The summed E-state index contributed by atoms with van der Waals surface area (Å²) in [7, 11) is 5.79. The first-order chi connectivity index (χ1) is 14.0. The van der Waals surface area contributed by atoms with Gasteiger partial charge in [0.25, 0.3) is 5.91 Å². The highest BCUT2D eigenvalue weighted by molar-refractivity contribution is 5.92. The Labute approximate surface area is 171 Å². The molecule has 0 saturated carbocycles. The molecule has 0 atom stereocenters. The minimum Gasteiger partial charge on any atom is -0.497 e. The third-order valence-corrected chi connectivity index (χ3v) is 5.84. The Hall–Kier alpha value is -3.12. The van der Waals surface area contributed by atoms with Crippen LogP contribution in [-0.4, -0.2) is 53.9 Å². The van der Waals surface area contributed by atoms with Crippen LogP contribution >= 0.6 is 0 Å². The molecule has 0 bridgehead atoms. The first kappa shape index (κ1) is 19.2. The molecule has 0 saturated heterocycles. The van der Waals surface area contributed by atoms with Gasteiger partial charge in [-0.15, -0.1) is 0 Å². The van der Waals surface area contributed by atoms with Crippen molar-refractivity contribution >= 4 is 5.91 Å². The number of methoxy groups -OCH3 is 1. The summed E-state index contributed by atoms with van der Waals surface area (Å²) in [5.74, 6) is 0.625. The van der Waals surface area contributed by atoms with Gasteiger partial charge in [0.15, 0.2) is 5.69 Å². The van der Waals surface area contributed by atoms with E-state index in [0.717, 1.165) is 24.3 Å². The van der Waals surface area contributed by atoms with Gasteiger partial charge in [-0.25, -0.2) is 4.68 Å². The SMILES string of the molecule is COc1ccc(-n2ccc(C(=O)NCC3(N(C)C)Cc4ccccc4C3)n2)cc1. The fraction of sp³-hybridized carbons (Fsp3) is 0.304. The number of hydrogen-bond donors (Lipinski definition) is 1. The molecule has 29 heavy (non-hydrogen) atoms. The number of amides is 1. The zero-order valence-corrected chi connectivity index (χ0v) is 17.1. The Morgan fingerprint density at radius 2 is 1.76 bits per heavy atom. The summed E-state index contributed by atoms with van der Waals surface area (Å²) >= 11 is 0. The maximum atomic E-state index is 12.8. The molecule has 1 aliphatic rings. The second-order valence-electron chi connectivity index (χ2n) is 7.77. The van der Waals surface area contributed by atoms with Crippen LogP contribution in [-0.2, 0) is 12.8 Å². The quantitative estimate of drug-likeness (QED) is 0.703. The molecule has 0 spiro atoms. The molecule has 3 aromatic rings. The van der Waals surface area contributed by atoms with Gasteiger partial charge in [-0.3, -0.25) is 4.79 Å². The van der Waals surface area contributed by atoms with E-state index in [9.17, 15) is 4.79 Å². The first-order valence-electron chi connectivity index (χ1n) is 9.73. The van der Waals surface area contributed by atoms with Crippen LogP contribution in [0.3, 0.4) is 0 Å². The van der Waals surface area contributed by atoms with Crippen molar-refractivity contribution in [2.45, 2.75) is 18.4 Å². The fourth-order valence-electron chi connectivity index (χ4n) is 3.93. The van der Waals surface area contributed by atoms with Gasteiger partial charge in [0, 0.05) is 18.3 Å². The van der Waals surface area contributed by atoms with Crippen LogP contribution in [0.2, 0.25) is 0 Å². The number of carbonyl (C=O) groups excluding carboxylic acids is 1. The van der Waals surface area contributed by atoms with Gasteiger partial charge in [0.1, 0.15) is 5.75 Å². The average Bonchev–Trinajstić information content (AvgIpc) is 3.38. The molecular formula is C23H26N4O2. The van der Waals surface area contributed by atoms with E-state index in [0.29, 0.717) is 12.2 Å². The Bertz CT molecular complexity index is 983. The topological polar surface area (TPSA) is 59.4 Å². The molecule has 1 aromatic heterocycles. The summed E-state index contributed by atoms with van der Waals surface area (Å²) in [5.41, 5.74) is 3.89. The Morgan fingerprint density at radius 1 is 1.10 bits per heavy atom. The van der Waals surface area contributed by atoms with Gasteiger partial charge in [-0.1, -0.05) is 24.3 Å². The summed E-state index contributed by atoms with van der Waals surface area (Å²) in [6, 6.07) is 17.8. The lowest BCUT2D eigenvalue weighted by Crippen LogP contribution is -2.53. The van der Waals surface area contributed by atoms with E-state index in [4.69, 9.17) is 4.74 Å².